The minimum Gasteiger partial charge on any atom is -0.342 e. The van der Waals surface area contributed by atoms with Crippen LogP contribution >= 0.6 is 0 Å². The first-order chi connectivity index (χ1) is 8.91. The third-order valence-corrected chi connectivity index (χ3v) is 3.42. The van der Waals surface area contributed by atoms with Gasteiger partial charge in [0.15, 0.2) is 0 Å². The molecule has 0 atom stereocenters. The quantitative estimate of drug-likeness (QED) is 0.855. The summed E-state index contributed by atoms with van der Waals surface area (Å²) in [5.74, 6) is 0.692. The summed E-state index contributed by atoms with van der Waals surface area (Å²) in [5.41, 5.74) is 2.56. The number of rotatable bonds is 6. The average molecular weight is 262 g/mol. The molecule has 0 spiro atoms. The van der Waals surface area contributed by atoms with Crippen molar-refractivity contribution in [3.05, 3.63) is 35.4 Å². The number of likely N-dealkylation sites (N-methyl/N-ethyl adjacent to an activating group) is 1. The van der Waals surface area contributed by atoms with E-state index in [-0.39, 0.29) is 11.9 Å². The molecule has 0 bridgehead atoms. The second-order valence-corrected chi connectivity index (χ2v) is 5.60. The molecule has 1 amide bonds. The Balaban J connectivity index is 2.39. The fourth-order valence-electron chi connectivity index (χ4n) is 1.75. The molecule has 0 saturated carbocycles. The van der Waals surface area contributed by atoms with E-state index in [9.17, 15) is 4.79 Å². The summed E-state index contributed by atoms with van der Waals surface area (Å²) >= 11 is 0. The van der Waals surface area contributed by atoms with Gasteiger partial charge in [-0.3, -0.25) is 4.79 Å². The second-order valence-electron chi connectivity index (χ2n) is 5.60. The molecule has 1 aromatic rings. The maximum Gasteiger partial charge on any atom is 0.236 e. The van der Waals surface area contributed by atoms with Crippen LogP contribution in [-0.2, 0) is 11.3 Å². The van der Waals surface area contributed by atoms with Gasteiger partial charge in [-0.1, -0.05) is 38.1 Å². The Labute approximate surface area is 117 Å². The number of hydrogen-bond donors (Lipinski definition) is 1. The Morgan fingerprint density at radius 2 is 1.74 bits per heavy atom. The van der Waals surface area contributed by atoms with E-state index in [2.05, 4.69) is 43.4 Å². The van der Waals surface area contributed by atoms with Crippen LogP contribution in [0.15, 0.2) is 24.3 Å². The van der Waals surface area contributed by atoms with Crippen LogP contribution in [0.3, 0.4) is 0 Å². The number of nitrogens with zero attached hydrogens (tertiary/aromatic N) is 1. The summed E-state index contributed by atoms with van der Waals surface area (Å²) in [6.07, 6.45) is 0. The van der Waals surface area contributed by atoms with Gasteiger partial charge in [-0.25, -0.2) is 0 Å². The van der Waals surface area contributed by atoms with Crippen molar-refractivity contribution >= 4 is 5.91 Å². The molecule has 0 aliphatic heterocycles. The first-order valence-corrected chi connectivity index (χ1v) is 6.97. The maximum atomic E-state index is 11.8. The molecule has 0 aliphatic rings. The molecule has 1 rings (SSSR count). The van der Waals surface area contributed by atoms with Gasteiger partial charge in [-0.15, -0.1) is 0 Å². The topological polar surface area (TPSA) is 32.3 Å². The molecule has 0 radical (unpaired) electrons. The zero-order valence-corrected chi connectivity index (χ0v) is 12.7. The molecule has 1 aromatic carbocycles. The fourth-order valence-corrected chi connectivity index (χ4v) is 1.75. The Morgan fingerprint density at radius 3 is 2.21 bits per heavy atom. The van der Waals surface area contributed by atoms with Crippen LogP contribution in [-0.4, -0.2) is 30.4 Å². The van der Waals surface area contributed by atoms with Gasteiger partial charge >= 0.3 is 0 Å². The maximum absolute atomic E-state index is 11.8. The Hall–Kier alpha value is -1.35. The third kappa shape index (κ3) is 5.03. The van der Waals surface area contributed by atoms with Crippen molar-refractivity contribution in [1.29, 1.82) is 0 Å². The summed E-state index contributed by atoms with van der Waals surface area (Å²) in [5, 5.41) is 3.19. The number of carbonyl (C=O) groups excluding carboxylic acids is 1. The minimum absolute atomic E-state index is 0.133. The second kappa shape index (κ2) is 7.29. The van der Waals surface area contributed by atoms with Gasteiger partial charge in [0, 0.05) is 19.6 Å². The summed E-state index contributed by atoms with van der Waals surface area (Å²) in [4.78, 5) is 13.5. The van der Waals surface area contributed by atoms with Crippen molar-refractivity contribution in [2.75, 3.05) is 13.6 Å². The molecule has 0 unspecified atom stereocenters. The highest BCUT2D eigenvalue weighted by atomic mass is 16.2. The zero-order chi connectivity index (χ0) is 14.4. The zero-order valence-electron chi connectivity index (χ0n) is 12.7. The predicted octanol–water partition coefficient (Wildman–Crippen LogP) is 2.77. The van der Waals surface area contributed by atoms with Crippen molar-refractivity contribution in [3.8, 4) is 0 Å². The Bertz CT molecular complexity index is 396. The van der Waals surface area contributed by atoms with E-state index in [1.54, 1.807) is 4.90 Å². The van der Waals surface area contributed by atoms with Crippen LogP contribution in [0.4, 0.5) is 0 Å². The van der Waals surface area contributed by atoms with Gasteiger partial charge in [0.25, 0.3) is 0 Å². The van der Waals surface area contributed by atoms with E-state index in [4.69, 9.17) is 0 Å². The van der Waals surface area contributed by atoms with Crippen molar-refractivity contribution < 1.29 is 4.79 Å². The van der Waals surface area contributed by atoms with Gasteiger partial charge in [0.1, 0.15) is 0 Å². The lowest BCUT2D eigenvalue weighted by Crippen LogP contribution is -2.39. The molecule has 3 nitrogen and oxygen atoms in total. The predicted molar refractivity (Wildman–Crippen MR) is 80.1 cm³/mol. The van der Waals surface area contributed by atoms with Crippen LogP contribution in [0.1, 0.15) is 44.7 Å². The Kier molecular flexibility index (Phi) is 6.03. The first kappa shape index (κ1) is 15.7. The van der Waals surface area contributed by atoms with E-state index in [1.807, 2.05) is 20.9 Å². The molecule has 0 aromatic heterocycles. The van der Waals surface area contributed by atoms with Gasteiger partial charge in [0.05, 0.1) is 6.54 Å². The highest BCUT2D eigenvalue weighted by Crippen LogP contribution is 2.14. The van der Waals surface area contributed by atoms with Crippen LogP contribution < -0.4 is 5.32 Å². The van der Waals surface area contributed by atoms with Crippen molar-refractivity contribution in [3.63, 3.8) is 0 Å². The third-order valence-electron chi connectivity index (χ3n) is 3.42. The molecule has 0 fully saturated rings. The molecule has 0 saturated heterocycles. The average Bonchev–Trinajstić information content (AvgIpc) is 2.38. The van der Waals surface area contributed by atoms with Crippen LogP contribution in [0.5, 0.6) is 0 Å². The highest BCUT2D eigenvalue weighted by molar-refractivity contribution is 5.78. The van der Waals surface area contributed by atoms with Crippen LogP contribution in [0, 0.1) is 0 Å². The molecule has 19 heavy (non-hydrogen) atoms. The molecule has 1 N–H and O–H groups in total. The Morgan fingerprint density at radius 1 is 1.16 bits per heavy atom. The normalized spacial score (nSPS) is 11.1. The van der Waals surface area contributed by atoms with E-state index in [0.717, 1.165) is 6.54 Å². The van der Waals surface area contributed by atoms with Gasteiger partial charge in [-0.05, 0) is 30.9 Å². The van der Waals surface area contributed by atoms with E-state index < -0.39 is 0 Å². The molecule has 0 heterocycles. The van der Waals surface area contributed by atoms with Crippen molar-refractivity contribution in [2.45, 2.75) is 46.2 Å². The van der Waals surface area contributed by atoms with Gasteiger partial charge < -0.3 is 10.2 Å². The number of carbonyl (C=O) groups is 1. The van der Waals surface area contributed by atoms with Crippen LogP contribution in [0.2, 0.25) is 0 Å². The molecular formula is C16H26N2O. The van der Waals surface area contributed by atoms with E-state index >= 15 is 0 Å². The highest BCUT2D eigenvalue weighted by Gasteiger charge is 2.10. The van der Waals surface area contributed by atoms with Crippen molar-refractivity contribution in [1.82, 2.24) is 10.2 Å². The van der Waals surface area contributed by atoms with Gasteiger partial charge in [0.2, 0.25) is 5.91 Å². The first-order valence-electron chi connectivity index (χ1n) is 6.97. The number of nitrogens with one attached hydrogen (secondary N) is 1. The summed E-state index contributed by atoms with van der Waals surface area (Å²) in [6.45, 7) is 9.53. The summed E-state index contributed by atoms with van der Waals surface area (Å²) in [7, 11) is 1.84. The number of benzene rings is 1. The smallest absolute Gasteiger partial charge is 0.236 e. The fraction of sp³-hybridized carbons (Fsp3) is 0.562. The largest absolute Gasteiger partial charge is 0.342 e. The monoisotopic (exact) mass is 262 g/mol. The molecule has 106 valence electrons. The minimum atomic E-state index is 0.133. The molecular weight excluding hydrogens is 236 g/mol. The standard InChI is InChI=1S/C16H26N2O/c1-12(2)15-8-6-14(7-9-15)10-17-11-16(19)18(5)13(3)4/h6-9,12-13,17H,10-11H2,1-5H3. The lowest BCUT2D eigenvalue weighted by atomic mass is 10.0. The lowest BCUT2D eigenvalue weighted by Gasteiger charge is -2.21. The van der Waals surface area contributed by atoms with E-state index in [0.29, 0.717) is 12.5 Å². The number of amides is 1. The summed E-state index contributed by atoms with van der Waals surface area (Å²) in [6, 6.07) is 8.81. The van der Waals surface area contributed by atoms with Crippen LogP contribution in [0.25, 0.3) is 0 Å². The lowest BCUT2D eigenvalue weighted by molar-refractivity contribution is -0.130. The number of hydrogen-bond acceptors (Lipinski definition) is 2. The molecule has 0 aliphatic carbocycles. The summed E-state index contributed by atoms with van der Waals surface area (Å²) < 4.78 is 0. The SMILES string of the molecule is CC(C)c1ccc(CNCC(=O)N(C)C(C)C)cc1. The van der Waals surface area contributed by atoms with E-state index in [1.165, 1.54) is 11.1 Å². The van der Waals surface area contributed by atoms with Gasteiger partial charge in [-0.2, -0.15) is 0 Å². The molecule has 3 heteroatoms. The van der Waals surface area contributed by atoms with Crippen molar-refractivity contribution in [2.24, 2.45) is 0 Å².